The Kier molecular flexibility index (Phi) is 3.43. The fraction of sp³-hybridized carbons (Fsp3) is 0.455. The maximum atomic E-state index is 12.9. The van der Waals surface area contributed by atoms with E-state index in [0.717, 1.165) is 17.5 Å². The molecule has 1 atom stereocenters. The Labute approximate surface area is 78.2 Å². The predicted molar refractivity (Wildman–Crippen MR) is 51.1 cm³/mol. The lowest BCUT2D eigenvalue weighted by Gasteiger charge is -2.05. The van der Waals surface area contributed by atoms with Crippen LogP contribution < -0.4 is 0 Å². The minimum atomic E-state index is -0.316. The zero-order valence-electron chi connectivity index (χ0n) is 8.05. The average Bonchev–Trinajstić information content (AvgIpc) is 1.99. The Hall–Kier alpha value is -0.890. The molecule has 0 radical (unpaired) electrons. The topological polar surface area (TPSA) is 20.2 Å². The van der Waals surface area contributed by atoms with Crippen molar-refractivity contribution < 1.29 is 9.50 Å². The highest BCUT2D eigenvalue weighted by Crippen LogP contribution is 2.11. The highest BCUT2D eigenvalue weighted by atomic mass is 19.1. The van der Waals surface area contributed by atoms with Crippen molar-refractivity contribution in [1.29, 1.82) is 0 Å². The monoisotopic (exact) mass is 182 g/mol. The molecular weight excluding hydrogens is 167 g/mol. The van der Waals surface area contributed by atoms with Gasteiger partial charge in [-0.05, 0) is 49.9 Å². The smallest absolute Gasteiger partial charge is 0.123 e. The van der Waals surface area contributed by atoms with Crippen LogP contribution in [0, 0.1) is 12.7 Å². The lowest BCUT2D eigenvalue weighted by molar-refractivity contribution is 0.185. The van der Waals surface area contributed by atoms with Gasteiger partial charge < -0.3 is 5.11 Å². The molecule has 0 spiro atoms. The molecule has 13 heavy (non-hydrogen) atoms. The molecule has 0 bridgehead atoms. The minimum absolute atomic E-state index is 0.194. The van der Waals surface area contributed by atoms with E-state index in [9.17, 15) is 4.39 Å². The molecule has 0 amide bonds. The second-order valence-electron chi connectivity index (χ2n) is 3.52. The molecule has 0 aliphatic rings. The largest absolute Gasteiger partial charge is 0.393 e. The number of rotatable bonds is 3. The summed E-state index contributed by atoms with van der Waals surface area (Å²) in [6.45, 7) is 3.61. The predicted octanol–water partition coefficient (Wildman–Crippen LogP) is 2.45. The summed E-state index contributed by atoms with van der Waals surface area (Å²) in [6, 6.07) is 4.98. The number of halogens is 1. The van der Waals surface area contributed by atoms with E-state index in [4.69, 9.17) is 5.11 Å². The van der Waals surface area contributed by atoms with Crippen molar-refractivity contribution in [1.82, 2.24) is 0 Å². The van der Waals surface area contributed by atoms with Gasteiger partial charge in [0.15, 0.2) is 0 Å². The molecular formula is C11H15FO. The number of aryl methyl sites for hydroxylation is 2. The van der Waals surface area contributed by atoms with Gasteiger partial charge in [-0.1, -0.05) is 6.07 Å². The summed E-state index contributed by atoms with van der Waals surface area (Å²) in [4.78, 5) is 0. The lowest BCUT2D eigenvalue weighted by atomic mass is 10.1. The van der Waals surface area contributed by atoms with Gasteiger partial charge in [-0.25, -0.2) is 4.39 Å². The number of hydrogen-bond donors (Lipinski definition) is 1. The van der Waals surface area contributed by atoms with Crippen LogP contribution in [0.25, 0.3) is 0 Å². The molecule has 1 rings (SSSR count). The van der Waals surface area contributed by atoms with E-state index < -0.39 is 0 Å². The van der Waals surface area contributed by atoms with Crippen molar-refractivity contribution in [3.63, 3.8) is 0 Å². The van der Waals surface area contributed by atoms with Crippen molar-refractivity contribution in [2.45, 2.75) is 32.8 Å². The lowest BCUT2D eigenvalue weighted by Crippen LogP contribution is -2.01. The van der Waals surface area contributed by atoms with Crippen LogP contribution in [0.5, 0.6) is 0 Å². The van der Waals surface area contributed by atoms with Crippen LogP contribution in [-0.4, -0.2) is 11.2 Å². The van der Waals surface area contributed by atoms with Crippen LogP contribution in [0.15, 0.2) is 18.2 Å². The Balaban J connectivity index is 2.66. The number of hydrogen-bond acceptors (Lipinski definition) is 1. The van der Waals surface area contributed by atoms with Gasteiger partial charge in [0, 0.05) is 0 Å². The standard InChI is InChI=1S/C11H15FO/c1-8-5-10(4-3-9(2)13)7-11(12)6-8/h5-7,9,13H,3-4H2,1-2H3/t9-/m0/s1. The summed E-state index contributed by atoms with van der Waals surface area (Å²) < 4.78 is 12.9. The number of aliphatic hydroxyl groups is 1. The number of benzene rings is 1. The first kappa shape index (κ1) is 10.2. The molecule has 0 aromatic heterocycles. The first-order valence-corrected chi connectivity index (χ1v) is 4.52. The van der Waals surface area contributed by atoms with E-state index in [2.05, 4.69) is 0 Å². The van der Waals surface area contributed by atoms with Crippen molar-refractivity contribution in [2.75, 3.05) is 0 Å². The van der Waals surface area contributed by atoms with Gasteiger partial charge >= 0.3 is 0 Å². The van der Waals surface area contributed by atoms with Crippen LogP contribution in [0.4, 0.5) is 4.39 Å². The van der Waals surface area contributed by atoms with Crippen molar-refractivity contribution in [2.24, 2.45) is 0 Å². The molecule has 1 nitrogen and oxygen atoms in total. The molecule has 1 aromatic rings. The SMILES string of the molecule is Cc1cc(F)cc(CC[C@H](C)O)c1. The minimum Gasteiger partial charge on any atom is -0.393 e. The van der Waals surface area contributed by atoms with E-state index in [1.807, 2.05) is 13.0 Å². The Morgan fingerprint density at radius 2 is 2.08 bits per heavy atom. The van der Waals surface area contributed by atoms with E-state index >= 15 is 0 Å². The van der Waals surface area contributed by atoms with E-state index in [0.29, 0.717) is 6.42 Å². The highest BCUT2D eigenvalue weighted by molar-refractivity contribution is 5.23. The van der Waals surface area contributed by atoms with Crippen LogP contribution in [-0.2, 0) is 6.42 Å². The van der Waals surface area contributed by atoms with Gasteiger partial charge in [0.25, 0.3) is 0 Å². The average molecular weight is 182 g/mol. The fourth-order valence-electron chi connectivity index (χ4n) is 1.33. The molecule has 1 aromatic carbocycles. The summed E-state index contributed by atoms with van der Waals surface area (Å²) in [7, 11) is 0. The second kappa shape index (κ2) is 4.38. The molecule has 0 aliphatic carbocycles. The summed E-state index contributed by atoms with van der Waals surface area (Å²) in [5, 5.41) is 9.06. The van der Waals surface area contributed by atoms with Crippen LogP contribution in [0.1, 0.15) is 24.5 Å². The Morgan fingerprint density at radius 1 is 1.38 bits per heavy atom. The first-order valence-electron chi connectivity index (χ1n) is 4.52. The second-order valence-corrected chi connectivity index (χ2v) is 3.52. The quantitative estimate of drug-likeness (QED) is 0.761. The zero-order chi connectivity index (χ0) is 9.84. The molecule has 0 unspecified atom stereocenters. The maximum absolute atomic E-state index is 12.9. The summed E-state index contributed by atoms with van der Waals surface area (Å²) >= 11 is 0. The van der Waals surface area contributed by atoms with Crippen molar-refractivity contribution >= 4 is 0 Å². The molecule has 0 saturated heterocycles. The van der Waals surface area contributed by atoms with Gasteiger partial charge in [0.1, 0.15) is 5.82 Å². The third-order valence-electron chi connectivity index (χ3n) is 1.95. The first-order chi connectivity index (χ1) is 6.08. The molecule has 0 saturated carbocycles. The number of aliphatic hydroxyl groups excluding tert-OH is 1. The van der Waals surface area contributed by atoms with Gasteiger partial charge in [0.2, 0.25) is 0 Å². The summed E-state index contributed by atoms with van der Waals surface area (Å²) in [5.74, 6) is -0.194. The summed E-state index contributed by atoms with van der Waals surface area (Å²) in [6.07, 6.45) is 1.10. The Morgan fingerprint density at radius 3 is 2.62 bits per heavy atom. The van der Waals surface area contributed by atoms with Crippen LogP contribution in [0.2, 0.25) is 0 Å². The van der Waals surface area contributed by atoms with Gasteiger partial charge in [-0.3, -0.25) is 0 Å². The maximum Gasteiger partial charge on any atom is 0.123 e. The molecule has 0 heterocycles. The van der Waals surface area contributed by atoms with E-state index in [1.54, 1.807) is 6.92 Å². The third-order valence-corrected chi connectivity index (χ3v) is 1.95. The third kappa shape index (κ3) is 3.55. The van der Waals surface area contributed by atoms with Crippen LogP contribution >= 0.6 is 0 Å². The van der Waals surface area contributed by atoms with Gasteiger partial charge in [-0.2, -0.15) is 0 Å². The van der Waals surface area contributed by atoms with Crippen molar-refractivity contribution in [3.8, 4) is 0 Å². The normalized spacial score (nSPS) is 12.9. The van der Waals surface area contributed by atoms with Crippen LogP contribution in [0.3, 0.4) is 0 Å². The molecule has 1 N–H and O–H groups in total. The fourth-order valence-corrected chi connectivity index (χ4v) is 1.33. The highest BCUT2D eigenvalue weighted by Gasteiger charge is 2.00. The Bertz CT molecular complexity index is 261. The molecule has 0 aliphatic heterocycles. The molecule has 2 heteroatoms. The zero-order valence-corrected chi connectivity index (χ0v) is 8.05. The van der Waals surface area contributed by atoms with E-state index in [-0.39, 0.29) is 11.9 Å². The molecule has 72 valence electrons. The van der Waals surface area contributed by atoms with Gasteiger partial charge in [-0.15, -0.1) is 0 Å². The summed E-state index contributed by atoms with van der Waals surface area (Å²) in [5.41, 5.74) is 1.89. The van der Waals surface area contributed by atoms with Gasteiger partial charge in [0.05, 0.1) is 6.10 Å². The van der Waals surface area contributed by atoms with E-state index in [1.165, 1.54) is 12.1 Å². The molecule has 0 fully saturated rings. The van der Waals surface area contributed by atoms with Crippen molar-refractivity contribution in [3.05, 3.63) is 35.1 Å².